The van der Waals surface area contributed by atoms with Crippen LogP contribution in [0.5, 0.6) is 0 Å². The fourth-order valence-corrected chi connectivity index (χ4v) is 4.17. The van der Waals surface area contributed by atoms with Crippen molar-refractivity contribution in [3.63, 3.8) is 0 Å². The van der Waals surface area contributed by atoms with Gasteiger partial charge in [0.15, 0.2) is 0 Å². The Morgan fingerprint density at radius 3 is 1.57 bits per heavy atom. The van der Waals surface area contributed by atoms with Gasteiger partial charge in [-0.1, -0.05) is 0 Å². The minimum Gasteiger partial charge on any atom is -0.481 e. The topological polar surface area (TPSA) is 192 Å². The molecule has 1 unspecified atom stereocenters. The maximum Gasteiger partial charge on any atom is 0.307 e. The van der Waals surface area contributed by atoms with Gasteiger partial charge in [-0.2, -0.15) is 0 Å². The summed E-state index contributed by atoms with van der Waals surface area (Å²) in [4.78, 5) is 53.1. The molecule has 0 spiro atoms. The molecule has 0 saturated heterocycles. The lowest BCUT2D eigenvalue weighted by molar-refractivity contribution is -0.143. The van der Waals surface area contributed by atoms with Crippen LogP contribution in [0.1, 0.15) is 25.7 Å². The molecule has 0 fully saturated rings. The summed E-state index contributed by atoms with van der Waals surface area (Å²) in [6.45, 7) is 0. The van der Waals surface area contributed by atoms with Crippen molar-refractivity contribution in [3.8, 4) is 0 Å². The van der Waals surface area contributed by atoms with Crippen molar-refractivity contribution < 1.29 is 44.0 Å². The van der Waals surface area contributed by atoms with E-state index >= 15 is 0 Å². The third kappa shape index (κ3) is 9.64. The number of rotatable bonds is 12. The molecule has 0 bridgehead atoms. The number of amides is 1. The summed E-state index contributed by atoms with van der Waals surface area (Å²) >= 11 is 0. The molecule has 0 aliphatic carbocycles. The average molecular weight is 353 g/mol. The van der Waals surface area contributed by atoms with Crippen LogP contribution in [0.3, 0.4) is 0 Å². The Kier molecular flexibility index (Phi) is 8.49. The van der Waals surface area contributed by atoms with Crippen LogP contribution in [0, 0.1) is 11.8 Å². The Morgan fingerprint density at radius 2 is 1.26 bits per heavy atom. The second-order valence-corrected chi connectivity index (χ2v) is 7.64. The third-order valence-corrected chi connectivity index (χ3v) is 5.18. The summed E-state index contributed by atoms with van der Waals surface area (Å²) in [5.41, 5.74) is 4.90. The summed E-state index contributed by atoms with van der Waals surface area (Å²) in [5, 5.41) is 26.5. The summed E-state index contributed by atoms with van der Waals surface area (Å²) in [6, 6.07) is 0. The SMILES string of the molecule is NC(=O)CC[C@H](CP(=O)(O)C[C@@H](CCC(=O)O)C(=O)O)C(=O)O. The average Bonchev–Trinajstić information content (AvgIpc) is 2.38. The lowest BCUT2D eigenvalue weighted by atomic mass is 10.1. The number of nitrogens with two attached hydrogens (primary N) is 1. The van der Waals surface area contributed by atoms with Crippen molar-refractivity contribution in [2.75, 3.05) is 12.3 Å². The van der Waals surface area contributed by atoms with Crippen LogP contribution in [0.15, 0.2) is 0 Å². The minimum atomic E-state index is -4.14. The number of hydrogen-bond acceptors (Lipinski definition) is 5. The van der Waals surface area contributed by atoms with Crippen LogP contribution in [-0.2, 0) is 23.7 Å². The highest BCUT2D eigenvalue weighted by atomic mass is 31.2. The molecular weight excluding hydrogens is 333 g/mol. The molecule has 0 aromatic rings. The fourth-order valence-electron chi connectivity index (χ4n) is 1.96. The smallest absolute Gasteiger partial charge is 0.307 e. The van der Waals surface area contributed by atoms with E-state index in [1.54, 1.807) is 0 Å². The molecule has 6 N–H and O–H groups in total. The van der Waals surface area contributed by atoms with Crippen LogP contribution in [0.2, 0.25) is 0 Å². The molecule has 0 aromatic carbocycles. The highest BCUT2D eigenvalue weighted by molar-refractivity contribution is 7.58. The summed E-state index contributed by atoms with van der Waals surface area (Å²) in [5.74, 6) is -7.50. The molecule has 0 saturated carbocycles. The Morgan fingerprint density at radius 1 is 0.870 bits per heavy atom. The first kappa shape index (κ1) is 21.1. The van der Waals surface area contributed by atoms with Crippen LogP contribution in [0.4, 0.5) is 0 Å². The molecule has 23 heavy (non-hydrogen) atoms. The highest BCUT2D eigenvalue weighted by Gasteiger charge is 2.34. The standard InChI is InChI=1S/C12H20NO9P/c13-9(14)3-1-7(11(17)18)5-23(21,22)6-8(12(19)20)2-4-10(15)16/h7-8H,1-6H2,(H2,13,14)(H,15,16)(H,17,18)(H,19,20)(H,21,22)/t7-,8-/m1/s1. The second kappa shape index (κ2) is 9.26. The molecule has 10 nitrogen and oxygen atoms in total. The Hall–Kier alpha value is -1.93. The zero-order chi connectivity index (χ0) is 18.2. The molecular formula is C12H20NO9P. The van der Waals surface area contributed by atoms with E-state index in [2.05, 4.69) is 0 Å². The van der Waals surface area contributed by atoms with Crippen molar-refractivity contribution in [2.24, 2.45) is 17.6 Å². The van der Waals surface area contributed by atoms with Crippen LogP contribution >= 0.6 is 7.37 Å². The Balaban J connectivity index is 4.87. The fraction of sp³-hybridized carbons (Fsp3) is 0.667. The van der Waals surface area contributed by atoms with E-state index < -0.39 is 61.8 Å². The molecule has 0 aliphatic heterocycles. The van der Waals surface area contributed by atoms with Crippen molar-refractivity contribution in [1.82, 2.24) is 0 Å². The van der Waals surface area contributed by atoms with Crippen LogP contribution < -0.4 is 5.73 Å². The van der Waals surface area contributed by atoms with E-state index in [-0.39, 0.29) is 19.3 Å². The van der Waals surface area contributed by atoms with Gasteiger partial charge >= 0.3 is 17.9 Å². The maximum atomic E-state index is 12.1. The van der Waals surface area contributed by atoms with Gasteiger partial charge in [-0.05, 0) is 12.8 Å². The lowest BCUT2D eigenvalue weighted by Gasteiger charge is -2.20. The number of carbonyl (C=O) groups excluding carboxylic acids is 1. The number of carboxylic acid groups (broad SMARTS) is 3. The largest absolute Gasteiger partial charge is 0.481 e. The number of carboxylic acids is 3. The molecule has 0 aromatic heterocycles. The summed E-state index contributed by atoms with van der Waals surface area (Å²) in [7, 11) is -4.14. The van der Waals surface area contributed by atoms with E-state index in [1.165, 1.54) is 0 Å². The van der Waals surface area contributed by atoms with Crippen molar-refractivity contribution >= 4 is 31.2 Å². The van der Waals surface area contributed by atoms with E-state index in [9.17, 15) is 28.6 Å². The number of hydrogen-bond donors (Lipinski definition) is 5. The van der Waals surface area contributed by atoms with Gasteiger partial charge in [0, 0.05) is 25.2 Å². The number of primary amides is 1. The summed E-state index contributed by atoms with van der Waals surface area (Å²) in [6.07, 6.45) is -2.77. The maximum absolute atomic E-state index is 12.1. The molecule has 1 amide bonds. The molecule has 11 heteroatoms. The Labute approximate surface area is 131 Å². The highest BCUT2D eigenvalue weighted by Crippen LogP contribution is 2.46. The van der Waals surface area contributed by atoms with Gasteiger partial charge in [-0.3, -0.25) is 23.7 Å². The van der Waals surface area contributed by atoms with Crippen molar-refractivity contribution in [1.29, 1.82) is 0 Å². The van der Waals surface area contributed by atoms with Crippen molar-refractivity contribution in [3.05, 3.63) is 0 Å². The monoisotopic (exact) mass is 353 g/mol. The third-order valence-electron chi connectivity index (χ3n) is 3.16. The zero-order valence-electron chi connectivity index (χ0n) is 12.3. The van der Waals surface area contributed by atoms with Gasteiger partial charge in [-0.25, -0.2) is 0 Å². The predicted octanol–water partition coefficient (Wildman–Crippen LogP) is -0.211. The predicted molar refractivity (Wildman–Crippen MR) is 77.1 cm³/mol. The molecule has 132 valence electrons. The van der Waals surface area contributed by atoms with Crippen LogP contribution in [0.25, 0.3) is 0 Å². The van der Waals surface area contributed by atoms with E-state index in [0.717, 1.165) is 0 Å². The first-order valence-corrected chi connectivity index (χ1v) is 8.74. The van der Waals surface area contributed by atoms with Gasteiger partial charge in [0.25, 0.3) is 0 Å². The molecule has 0 aliphatic rings. The second-order valence-electron chi connectivity index (χ2n) is 5.22. The number of aliphatic carboxylic acids is 3. The van der Waals surface area contributed by atoms with E-state index in [4.69, 9.17) is 21.1 Å². The normalized spacial score (nSPS) is 16.0. The Bertz CT molecular complexity index is 477. The van der Waals surface area contributed by atoms with E-state index in [0.29, 0.717) is 0 Å². The zero-order valence-corrected chi connectivity index (χ0v) is 13.1. The molecule has 3 atom stereocenters. The quantitative estimate of drug-likeness (QED) is 0.295. The molecule has 0 rings (SSSR count). The first-order valence-electron chi connectivity index (χ1n) is 6.71. The van der Waals surface area contributed by atoms with Crippen LogP contribution in [-0.4, -0.2) is 56.4 Å². The lowest BCUT2D eigenvalue weighted by Crippen LogP contribution is -2.25. The van der Waals surface area contributed by atoms with Gasteiger partial charge in [0.1, 0.15) is 0 Å². The minimum absolute atomic E-state index is 0.234. The first-order chi connectivity index (χ1) is 10.4. The van der Waals surface area contributed by atoms with Crippen molar-refractivity contribution in [2.45, 2.75) is 25.7 Å². The summed E-state index contributed by atoms with van der Waals surface area (Å²) < 4.78 is 12.1. The van der Waals surface area contributed by atoms with Gasteiger partial charge < -0.3 is 25.9 Å². The number of carbonyl (C=O) groups is 4. The molecule has 0 heterocycles. The van der Waals surface area contributed by atoms with Gasteiger partial charge in [0.2, 0.25) is 13.3 Å². The molecule has 0 radical (unpaired) electrons. The van der Waals surface area contributed by atoms with E-state index in [1.807, 2.05) is 0 Å². The van der Waals surface area contributed by atoms with Gasteiger partial charge in [-0.15, -0.1) is 0 Å². The van der Waals surface area contributed by atoms with Gasteiger partial charge in [0.05, 0.1) is 11.8 Å².